The van der Waals surface area contributed by atoms with Crippen molar-refractivity contribution in [1.82, 2.24) is 14.9 Å². The van der Waals surface area contributed by atoms with E-state index in [4.69, 9.17) is 5.11 Å². The molecule has 0 radical (unpaired) electrons. The van der Waals surface area contributed by atoms with Crippen LogP contribution in [-0.4, -0.2) is 33.8 Å². The number of nitrogens with one attached hydrogen (secondary N) is 1. The molecule has 0 bridgehead atoms. The van der Waals surface area contributed by atoms with E-state index >= 15 is 0 Å². The number of hydrogen-bond donors (Lipinski definition) is 2. The van der Waals surface area contributed by atoms with E-state index in [1.807, 2.05) is 0 Å². The van der Waals surface area contributed by atoms with Gasteiger partial charge in [-0.2, -0.15) is 0 Å². The van der Waals surface area contributed by atoms with E-state index in [-0.39, 0.29) is 17.9 Å². The minimum atomic E-state index is -0.189. The highest BCUT2D eigenvalue weighted by molar-refractivity contribution is 7.03. The Labute approximate surface area is 99.0 Å². The Kier molecular flexibility index (Phi) is 4.82. The predicted octanol–water partition coefficient (Wildman–Crippen LogP) is 1.07. The van der Waals surface area contributed by atoms with Crippen LogP contribution in [0.4, 0.5) is 0 Å². The lowest BCUT2D eigenvalue weighted by Gasteiger charge is -2.24. The maximum absolute atomic E-state index is 11.6. The average molecular weight is 243 g/mol. The summed E-state index contributed by atoms with van der Waals surface area (Å²) in [5.41, 5.74) is 0.352. The highest BCUT2D eigenvalue weighted by atomic mass is 32.1. The van der Waals surface area contributed by atoms with Crippen molar-refractivity contribution >= 4 is 17.4 Å². The normalized spacial score (nSPS) is 11.4. The Hall–Kier alpha value is -1.01. The number of amides is 1. The smallest absolute Gasteiger partial charge is 0.272 e. The first-order chi connectivity index (χ1) is 7.55. The molecule has 1 amide bonds. The first kappa shape index (κ1) is 13.1. The molecule has 0 spiro atoms. The van der Waals surface area contributed by atoms with E-state index in [0.717, 1.165) is 24.4 Å². The predicted molar refractivity (Wildman–Crippen MR) is 62.3 cm³/mol. The minimum absolute atomic E-state index is 0.0121. The van der Waals surface area contributed by atoms with Crippen molar-refractivity contribution in [2.24, 2.45) is 5.41 Å². The Balaban J connectivity index is 2.36. The number of aliphatic hydroxyl groups is 1. The van der Waals surface area contributed by atoms with E-state index in [2.05, 4.69) is 28.8 Å². The third kappa shape index (κ3) is 4.24. The van der Waals surface area contributed by atoms with Crippen molar-refractivity contribution in [2.45, 2.75) is 26.7 Å². The Morgan fingerprint density at radius 3 is 2.94 bits per heavy atom. The highest BCUT2D eigenvalue weighted by Crippen LogP contribution is 2.20. The van der Waals surface area contributed by atoms with Gasteiger partial charge in [0.05, 0.1) is 0 Å². The molecule has 0 aliphatic heterocycles. The Morgan fingerprint density at radius 1 is 1.62 bits per heavy atom. The average Bonchev–Trinajstić information content (AvgIpc) is 2.77. The molecule has 5 nitrogen and oxygen atoms in total. The molecule has 0 saturated heterocycles. The van der Waals surface area contributed by atoms with Gasteiger partial charge in [-0.25, -0.2) is 0 Å². The fraction of sp³-hybridized carbons (Fsp3) is 0.700. The third-order valence-electron chi connectivity index (χ3n) is 2.33. The van der Waals surface area contributed by atoms with Crippen LogP contribution in [0.2, 0.25) is 0 Å². The highest BCUT2D eigenvalue weighted by Gasteiger charge is 2.19. The first-order valence-electron chi connectivity index (χ1n) is 5.21. The Bertz CT molecular complexity index is 325. The number of hydrogen-bond acceptors (Lipinski definition) is 5. The van der Waals surface area contributed by atoms with E-state index in [1.54, 1.807) is 5.38 Å². The van der Waals surface area contributed by atoms with Crippen LogP contribution in [0.5, 0.6) is 0 Å². The molecule has 0 saturated carbocycles. The number of nitrogens with zero attached hydrogens (tertiary/aromatic N) is 2. The SMILES string of the molecule is CC(C)(CCCO)CNC(=O)c1csnn1. The molecule has 0 atom stereocenters. The summed E-state index contributed by atoms with van der Waals surface area (Å²) in [5.74, 6) is -0.189. The minimum Gasteiger partial charge on any atom is -0.396 e. The number of carbonyl (C=O) groups excluding carboxylic acids is 1. The second-order valence-corrected chi connectivity index (χ2v) is 5.07. The van der Waals surface area contributed by atoms with Crippen LogP contribution < -0.4 is 5.32 Å². The molecular weight excluding hydrogens is 226 g/mol. The van der Waals surface area contributed by atoms with Gasteiger partial charge in [0, 0.05) is 18.5 Å². The summed E-state index contributed by atoms with van der Waals surface area (Å²) in [6, 6.07) is 0. The van der Waals surface area contributed by atoms with Gasteiger partial charge in [0.1, 0.15) is 0 Å². The van der Waals surface area contributed by atoms with Gasteiger partial charge in [0.2, 0.25) is 0 Å². The maximum Gasteiger partial charge on any atom is 0.272 e. The Morgan fingerprint density at radius 2 is 2.38 bits per heavy atom. The number of rotatable bonds is 6. The van der Waals surface area contributed by atoms with Crippen LogP contribution >= 0.6 is 11.5 Å². The molecule has 1 aromatic rings. The molecule has 0 fully saturated rings. The summed E-state index contributed by atoms with van der Waals surface area (Å²) in [4.78, 5) is 11.6. The summed E-state index contributed by atoms with van der Waals surface area (Å²) in [6.07, 6.45) is 1.63. The van der Waals surface area contributed by atoms with Crippen LogP contribution in [0.3, 0.4) is 0 Å². The summed E-state index contributed by atoms with van der Waals surface area (Å²) < 4.78 is 3.64. The number of aromatic nitrogens is 2. The molecule has 90 valence electrons. The van der Waals surface area contributed by atoms with E-state index < -0.39 is 0 Å². The fourth-order valence-electron chi connectivity index (χ4n) is 1.32. The van der Waals surface area contributed by atoms with Crippen LogP contribution in [0.15, 0.2) is 5.38 Å². The number of aliphatic hydroxyl groups excluding tert-OH is 1. The summed E-state index contributed by atoms with van der Waals surface area (Å²) in [6.45, 7) is 4.88. The summed E-state index contributed by atoms with van der Waals surface area (Å²) in [7, 11) is 0. The van der Waals surface area contributed by atoms with Crippen LogP contribution in [0.1, 0.15) is 37.2 Å². The quantitative estimate of drug-likeness (QED) is 0.783. The second-order valence-electron chi connectivity index (χ2n) is 4.46. The van der Waals surface area contributed by atoms with Crippen molar-refractivity contribution < 1.29 is 9.90 Å². The van der Waals surface area contributed by atoms with Gasteiger partial charge in [-0.1, -0.05) is 18.3 Å². The standard InChI is InChI=1S/C10H17N3O2S/c1-10(2,4-3-5-14)7-11-9(15)8-6-16-13-12-8/h6,14H,3-5,7H2,1-2H3,(H,11,15). The van der Waals surface area contributed by atoms with Crippen molar-refractivity contribution in [3.8, 4) is 0 Å². The zero-order valence-electron chi connectivity index (χ0n) is 9.56. The molecule has 1 heterocycles. The van der Waals surface area contributed by atoms with Gasteiger partial charge in [-0.15, -0.1) is 5.10 Å². The van der Waals surface area contributed by atoms with Crippen LogP contribution in [0, 0.1) is 5.41 Å². The van der Waals surface area contributed by atoms with Crippen molar-refractivity contribution in [1.29, 1.82) is 0 Å². The largest absolute Gasteiger partial charge is 0.396 e. The first-order valence-corrected chi connectivity index (χ1v) is 6.05. The van der Waals surface area contributed by atoms with Crippen molar-refractivity contribution in [2.75, 3.05) is 13.2 Å². The van der Waals surface area contributed by atoms with E-state index in [1.165, 1.54) is 0 Å². The molecule has 0 aliphatic rings. The number of carbonyl (C=O) groups is 1. The molecule has 0 unspecified atom stereocenters. The molecule has 16 heavy (non-hydrogen) atoms. The lowest BCUT2D eigenvalue weighted by Crippen LogP contribution is -2.34. The topological polar surface area (TPSA) is 75.1 Å². The summed E-state index contributed by atoms with van der Waals surface area (Å²) in [5, 5.41) is 16.9. The third-order valence-corrected chi connectivity index (χ3v) is 2.84. The van der Waals surface area contributed by atoms with Gasteiger partial charge >= 0.3 is 0 Å². The monoisotopic (exact) mass is 243 g/mol. The zero-order chi connectivity index (χ0) is 12.0. The molecular formula is C10H17N3O2S. The van der Waals surface area contributed by atoms with Gasteiger partial charge in [0.15, 0.2) is 5.69 Å². The van der Waals surface area contributed by atoms with E-state index in [0.29, 0.717) is 12.2 Å². The van der Waals surface area contributed by atoms with E-state index in [9.17, 15) is 4.79 Å². The van der Waals surface area contributed by atoms with Gasteiger partial charge < -0.3 is 10.4 Å². The molecule has 0 aromatic carbocycles. The lowest BCUT2D eigenvalue weighted by atomic mass is 9.88. The van der Waals surface area contributed by atoms with Gasteiger partial charge in [-0.05, 0) is 29.8 Å². The molecule has 0 aliphatic carbocycles. The molecule has 2 N–H and O–H groups in total. The summed E-state index contributed by atoms with van der Waals surface area (Å²) >= 11 is 1.16. The lowest BCUT2D eigenvalue weighted by molar-refractivity contribution is 0.0928. The molecule has 6 heteroatoms. The van der Waals surface area contributed by atoms with Crippen molar-refractivity contribution in [3.05, 3.63) is 11.1 Å². The maximum atomic E-state index is 11.6. The molecule has 1 rings (SSSR count). The van der Waals surface area contributed by atoms with Crippen molar-refractivity contribution in [3.63, 3.8) is 0 Å². The van der Waals surface area contributed by atoms with Gasteiger partial charge in [0.25, 0.3) is 5.91 Å². The zero-order valence-corrected chi connectivity index (χ0v) is 10.4. The van der Waals surface area contributed by atoms with Crippen LogP contribution in [0.25, 0.3) is 0 Å². The van der Waals surface area contributed by atoms with Crippen LogP contribution in [-0.2, 0) is 0 Å². The second kappa shape index (κ2) is 5.91. The fourth-order valence-corrected chi connectivity index (χ4v) is 1.76. The molecule has 1 aromatic heterocycles. The van der Waals surface area contributed by atoms with Gasteiger partial charge in [-0.3, -0.25) is 4.79 Å².